The Morgan fingerprint density at radius 2 is 1.58 bits per heavy atom. The second-order valence-electron chi connectivity index (χ2n) is 8.21. The van der Waals surface area contributed by atoms with E-state index in [2.05, 4.69) is 21.0 Å². The molecule has 0 saturated carbocycles. The Bertz CT molecular complexity index is 1400. The Hall–Kier alpha value is -4.04. The monoisotopic (exact) mass is 542 g/mol. The number of guanidine groups is 1. The molecule has 0 amide bonds. The van der Waals surface area contributed by atoms with Crippen molar-refractivity contribution in [3.8, 4) is 0 Å². The van der Waals surface area contributed by atoms with Gasteiger partial charge in [-0.2, -0.15) is 5.01 Å². The van der Waals surface area contributed by atoms with Gasteiger partial charge in [0.25, 0.3) is 0 Å². The average Bonchev–Trinajstić information content (AvgIpc) is 3.29. The van der Waals surface area contributed by atoms with E-state index < -0.39 is 12.0 Å². The minimum Gasteiger partial charge on any atom is -0.463 e. The van der Waals surface area contributed by atoms with Crippen LogP contribution in [0.4, 0.5) is 5.69 Å². The summed E-state index contributed by atoms with van der Waals surface area (Å²) in [6, 6.07) is 26.0. The second kappa shape index (κ2) is 9.91. The van der Waals surface area contributed by atoms with E-state index in [0.29, 0.717) is 17.2 Å². The number of carbonyl (C=O) groups excluding carboxylic acids is 2. The highest BCUT2D eigenvalue weighted by Crippen LogP contribution is 2.43. The number of aliphatic imine (C=N–C) groups is 1. The number of hydrogen-bond donors (Lipinski definition) is 0. The molecule has 0 bridgehead atoms. The fourth-order valence-corrected chi connectivity index (χ4v) is 4.58. The molecule has 0 aliphatic carbocycles. The summed E-state index contributed by atoms with van der Waals surface area (Å²) in [5.41, 5.74) is 3.14. The number of rotatable bonds is 6. The quantitative estimate of drug-likeness (QED) is 0.381. The van der Waals surface area contributed by atoms with Crippen LogP contribution in [-0.4, -0.2) is 35.1 Å². The lowest BCUT2D eigenvalue weighted by Gasteiger charge is -2.36. The maximum absolute atomic E-state index is 13.5. The molecule has 1 atom stereocenters. The first-order chi connectivity index (χ1) is 17.5. The molecule has 8 heteroatoms. The standard InChI is InChI=1S/C28H23BrN4O3/c1-3-36-27(35)23-24(19-10-6-4-7-11-19)30-28-32(25(23)20-14-16-21(29)17-15-20)26(18(2)34)31-33(28)22-12-8-5-9-13-22/h4-17,25H,3H2,1-2H3. The number of ketones is 1. The lowest BCUT2D eigenvalue weighted by atomic mass is 9.91. The number of esters is 1. The second-order valence-corrected chi connectivity index (χ2v) is 9.13. The zero-order valence-corrected chi connectivity index (χ0v) is 21.3. The Morgan fingerprint density at radius 3 is 2.19 bits per heavy atom. The third-order valence-corrected chi connectivity index (χ3v) is 6.40. The van der Waals surface area contributed by atoms with Crippen LogP contribution in [0.1, 0.15) is 31.0 Å². The molecule has 5 rings (SSSR count). The van der Waals surface area contributed by atoms with Crippen molar-refractivity contribution < 1.29 is 14.3 Å². The lowest BCUT2D eigenvalue weighted by molar-refractivity contribution is -0.139. The van der Waals surface area contributed by atoms with Gasteiger partial charge in [0.15, 0.2) is 11.6 Å². The van der Waals surface area contributed by atoms with E-state index in [-0.39, 0.29) is 18.2 Å². The zero-order chi connectivity index (χ0) is 25.2. The van der Waals surface area contributed by atoms with Crippen molar-refractivity contribution in [1.29, 1.82) is 0 Å². The van der Waals surface area contributed by atoms with Gasteiger partial charge in [0.2, 0.25) is 5.96 Å². The van der Waals surface area contributed by atoms with Crippen molar-refractivity contribution in [3.05, 3.63) is 106 Å². The van der Waals surface area contributed by atoms with Crippen LogP contribution in [0.3, 0.4) is 0 Å². The maximum atomic E-state index is 13.5. The highest BCUT2D eigenvalue weighted by atomic mass is 79.9. The Balaban J connectivity index is 1.82. The third kappa shape index (κ3) is 4.24. The Kier molecular flexibility index (Phi) is 6.52. The molecular formula is C28H23BrN4O3. The third-order valence-electron chi connectivity index (χ3n) is 5.87. The average molecular weight is 543 g/mol. The summed E-state index contributed by atoms with van der Waals surface area (Å²) in [5.74, 6) is -0.103. The van der Waals surface area contributed by atoms with Gasteiger partial charge in [-0.25, -0.2) is 9.79 Å². The molecule has 0 saturated heterocycles. The van der Waals surface area contributed by atoms with E-state index in [9.17, 15) is 9.59 Å². The van der Waals surface area contributed by atoms with Gasteiger partial charge in [-0.3, -0.25) is 9.69 Å². The SMILES string of the molecule is CCOC(=O)C1=C(c2ccccc2)N=C2N(c3ccccc3)N=C(C(C)=O)N2C1c1ccc(Br)cc1. The number of carbonyl (C=O) groups is 2. The molecule has 2 heterocycles. The molecule has 1 unspecified atom stereocenters. The summed E-state index contributed by atoms with van der Waals surface area (Å²) in [7, 11) is 0. The molecule has 0 N–H and O–H groups in total. The van der Waals surface area contributed by atoms with Crippen LogP contribution >= 0.6 is 15.9 Å². The number of fused-ring (bicyclic) bond motifs is 1. The number of hydrazone groups is 1. The van der Waals surface area contributed by atoms with E-state index in [1.165, 1.54) is 6.92 Å². The predicted octanol–water partition coefficient (Wildman–Crippen LogP) is 5.56. The van der Waals surface area contributed by atoms with E-state index >= 15 is 0 Å². The fourth-order valence-electron chi connectivity index (χ4n) is 4.32. The largest absolute Gasteiger partial charge is 0.463 e. The number of amidine groups is 1. The van der Waals surface area contributed by atoms with Crippen LogP contribution in [0.5, 0.6) is 0 Å². The maximum Gasteiger partial charge on any atom is 0.338 e. The molecule has 2 aliphatic heterocycles. The molecule has 0 radical (unpaired) electrons. The van der Waals surface area contributed by atoms with Crippen LogP contribution in [0.25, 0.3) is 5.70 Å². The lowest BCUT2D eigenvalue weighted by Crippen LogP contribution is -2.46. The van der Waals surface area contributed by atoms with Gasteiger partial charge in [-0.15, -0.1) is 5.10 Å². The van der Waals surface area contributed by atoms with Crippen LogP contribution in [0, 0.1) is 0 Å². The molecule has 3 aromatic rings. The summed E-state index contributed by atoms with van der Waals surface area (Å²) in [5, 5.41) is 6.32. The molecule has 3 aromatic carbocycles. The van der Waals surface area contributed by atoms with Crippen LogP contribution in [0.2, 0.25) is 0 Å². The van der Waals surface area contributed by atoms with Crippen LogP contribution in [-0.2, 0) is 14.3 Å². The molecule has 7 nitrogen and oxygen atoms in total. The van der Waals surface area contributed by atoms with Gasteiger partial charge in [0.1, 0.15) is 0 Å². The topological polar surface area (TPSA) is 74.6 Å². The molecular weight excluding hydrogens is 520 g/mol. The fraction of sp³-hybridized carbons (Fsp3) is 0.143. The highest BCUT2D eigenvalue weighted by Gasteiger charge is 2.46. The van der Waals surface area contributed by atoms with Crippen molar-refractivity contribution in [3.63, 3.8) is 0 Å². The first-order valence-corrected chi connectivity index (χ1v) is 12.3. The molecule has 0 fully saturated rings. The van der Waals surface area contributed by atoms with Crippen LogP contribution in [0.15, 0.2) is 105 Å². The summed E-state index contributed by atoms with van der Waals surface area (Å²) >= 11 is 3.49. The van der Waals surface area contributed by atoms with E-state index in [1.807, 2.05) is 84.9 Å². The minimum absolute atomic E-state index is 0.194. The zero-order valence-electron chi connectivity index (χ0n) is 19.8. The number of para-hydroxylation sites is 1. The summed E-state index contributed by atoms with van der Waals surface area (Å²) in [4.78, 5) is 33.1. The minimum atomic E-state index is -0.684. The number of hydrogen-bond acceptors (Lipinski definition) is 7. The van der Waals surface area contributed by atoms with Gasteiger partial charge < -0.3 is 4.74 Å². The van der Waals surface area contributed by atoms with Gasteiger partial charge in [0, 0.05) is 17.0 Å². The molecule has 0 aromatic heterocycles. The normalized spacial score (nSPS) is 16.9. The molecule has 0 spiro atoms. The van der Waals surface area contributed by atoms with Crippen LogP contribution < -0.4 is 5.01 Å². The van der Waals surface area contributed by atoms with Crippen molar-refractivity contribution in [2.24, 2.45) is 10.1 Å². The van der Waals surface area contributed by atoms with Gasteiger partial charge in [-0.05, 0) is 36.8 Å². The number of nitrogens with zero attached hydrogens (tertiary/aromatic N) is 4. The van der Waals surface area contributed by atoms with Crippen molar-refractivity contribution >= 4 is 50.9 Å². The predicted molar refractivity (Wildman–Crippen MR) is 143 cm³/mol. The van der Waals surface area contributed by atoms with Crippen molar-refractivity contribution in [2.45, 2.75) is 19.9 Å². The number of halogens is 1. The summed E-state index contributed by atoms with van der Waals surface area (Å²) < 4.78 is 6.42. The molecule has 2 aliphatic rings. The summed E-state index contributed by atoms with van der Waals surface area (Å²) in [6.45, 7) is 3.43. The van der Waals surface area contributed by atoms with E-state index in [0.717, 1.165) is 21.3 Å². The van der Waals surface area contributed by atoms with E-state index in [4.69, 9.17) is 9.73 Å². The smallest absolute Gasteiger partial charge is 0.338 e. The Labute approximate surface area is 217 Å². The van der Waals surface area contributed by atoms with Gasteiger partial charge in [0.05, 0.1) is 29.6 Å². The Morgan fingerprint density at radius 1 is 0.944 bits per heavy atom. The van der Waals surface area contributed by atoms with Gasteiger partial charge in [-0.1, -0.05) is 76.6 Å². The number of ether oxygens (including phenoxy) is 1. The van der Waals surface area contributed by atoms with Crippen molar-refractivity contribution in [1.82, 2.24) is 4.90 Å². The number of Topliss-reactive ketones (excluding diaryl/α,β-unsaturated/α-hetero) is 1. The first kappa shape index (κ1) is 23.7. The van der Waals surface area contributed by atoms with Crippen molar-refractivity contribution in [2.75, 3.05) is 11.6 Å². The number of anilines is 1. The number of benzene rings is 3. The molecule has 180 valence electrons. The van der Waals surface area contributed by atoms with E-state index in [1.54, 1.807) is 16.8 Å². The molecule has 36 heavy (non-hydrogen) atoms. The van der Waals surface area contributed by atoms with Gasteiger partial charge >= 0.3 is 5.97 Å². The first-order valence-electron chi connectivity index (χ1n) is 11.5. The highest BCUT2D eigenvalue weighted by molar-refractivity contribution is 9.10. The summed E-state index contributed by atoms with van der Waals surface area (Å²) in [6.07, 6.45) is 0.